The molecule has 3 aliphatic rings. The molecular weight excluding hydrogens is 623 g/mol. The molecular formula is C46H30N5+. The van der Waals surface area contributed by atoms with Crippen LogP contribution in [0.2, 0.25) is 0 Å². The summed E-state index contributed by atoms with van der Waals surface area (Å²) in [6.07, 6.45) is 14.4. The van der Waals surface area contributed by atoms with Crippen molar-refractivity contribution >= 4 is 55.8 Å². The highest BCUT2D eigenvalue weighted by Crippen LogP contribution is 2.55. The molecule has 0 saturated carbocycles. The zero-order chi connectivity index (χ0) is 33.5. The topological polar surface area (TPSA) is 37.0 Å². The van der Waals surface area contributed by atoms with E-state index < -0.39 is 0 Å². The monoisotopic (exact) mass is 652 g/mol. The SMILES string of the molecule is C1=CC2=[N+](c3ccccc3)c3ccccc3N3c4c(ccc5c6ccccc6n(-c6cc(-c7cccnc7)cc(-c7cccnc7)c6)c45)C(=C1)C23. The van der Waals surface area contributed by atoms with Gasteiger partial charge >= 0.3 is 0 Å². The maximum absolute atomic E-state index is 4.48. The fourth-order valence-corrected chi connectivity index (χ4v) is 8.47. The predicted octanol–water partition coefficient (Wildman–Crippen LogP) is 10.7. The van der Waals surface area contributed by atoms with Gasteiger partial charge in [-0.15, -0.1) is 0 Å². The minimum atomic E-state index is 0.0323. The molecule has 0 N–H and O–H groups in total. The fourth-order valence-electron chi connectivity index (χ4n) is 8.47. The van der Waals surface area contributed by atoms with Crippen LogP contribution in [0.4, 0.5) is 22.7 Å². The van der Waals surface area contributed by atoms with Crippen molar-refractivity contribution in [1.29, 1.82) is 0 Å². The molecule has 2 aliphatic heterocycles. The van der Waals surface area contributed by atoms with E-state index in [9.17, 15) is 0 Å². The minimum Gasteiger partial charge on any atom is -0.316 e. The van der Waals surface area contributed by atoms with Crippen LogP contribution in [-0.4, -0.2) is 26.3 Å². The van der Waals surface area contributed by atoms with Gasteiger partial charge in [-0.05, 0) is 59.2 Å². The van der Waals surface area contributed by atoms with Crippen molar-refractivity contribution in [3.05, 3.63) is 182 Å². The Bertz CT molecular complexity index is 2740. The summed E-state index contributed by atoms with van der Waals surface area (Å²) in [5, 5.41) is 2.46. The molecule has 0 radical (unpaired) electrons. The third-order valence-corrected chi connectivity index (χ3v) is 10.6. The summed E-state index contributed by atoms with van der Waals surface area (Å²) in [4.78, 5) is 11.6. The summed E-state index contributed by atoms with van der Waals surface area (Å²) < 4.78 is 4.93. The standard InChI is InChI=1S/C46H30N5/c1-2-13-34(14-3-1)49-41-18-6-7-19-42(41)51-44-37(16-8-20-43(44)49)39-22-21-38-36-15-4-5-17-40(36)50(45(38)46(39)51)35-26-32(30-11-9-23-47-28-30)25-33(27-35)31-12-10-24-48-29-31/h1-29,44H/q+1. The van der Waals surface area contributed by atoms with E-state index in [0.29, 0.717) is 0 Å². The lowest BCUT2D eigenvalue weighted by Gasteiger charge is -2.33. The van der Waals surface area contributed by atoms with Crippen molar-refractivity contribution in [3.8, 4) is 27.9 Å². The molecule has 0 saturated heterocycles. The van der Waals surface area contributed by atoms with E-state index >= 15 is 0 Å². The Hall–Kier alpha value is -6.85. The molecule has 5 nitrogen and oxygen atoms in total. The zero-order valence-electron chi connectivity index (χ0n) is 27.6. The van der Waals surface area contributed by atoms with E-state index in [-0.39, 0.29) is 6.04 Å². The van der Waals surface area contributed by atoms with Crippen LogP contribution in [0.3, 0.4) is 0 Å². The van der Waals surface area contributed by atoms with Gasteiger partial charge in [-0.1, -0.05) is 84.9 Å². The van der Waals surface area contributed by atoms with Gasteiger partial charge in [0.15, 0.2) is 0 Å². The number of rotatable bonds is 4. The number of para-hydroxylation sites is 4. The van der Waals surface area contributed by atoms with Gasteiger partial charge in [0.1, 0.15) is 11.7 Å². The molecule has 238 valence electrons. The maximum atomic E-state index is 4.48. The first-order valence-electron chi connectivity index (χ1n) is 17.3. The van der Waals surface area contributed by atoms with Gasteiger partial charge in [0.25, 0.3) is 0 Å². The lowest BCUT2D eigenvalue weighted by molar-refractivity contribution is 0.931. The quantitative estimate of drug-likeness (QED) is 0.178. The van der Waals surface area contributed by atoms with Gasteiger partial charge < -0.3 is 9.47 Å². The van der Waals surface area contributed by atoms with Gasteiger partial charge in [-0.3, -0.25) is 9.97 Å². The number of pyridine rings is 2. The summed E-state index contributed by atoms with van der Waals surface area (Å²) in [5.74, 6) is 0. The zero-order valence-corrected chi connectivity index (χ0v) is 27.6. The number of hydrogen-bond acceptors (Lipinski definition) is 3. The highest BCUT2D eigenvalue weighted by Gasteiger charge is 2.49. The van der Waals surface area contributed by atoms with Crippen LogP contribution in [0, 0.1) is 0 Å². The van der Waals surface area contributed by atoms with E-state index in [4.69, 9.17) is 0 Å². The van der Waals surface area contributed by atoms with Crippen molar-refractivity contribution in [2.24, 2.45) is 0 Å². The molecule has 0 spiro atoms. The van der Waals surface area contributed by atoms with Crippen LogP contribution in [-0.2, 0) is 0 Å². The van der Waals surface area contributed by atoms with E-state index in [1.807, 2.05) is 36.9 Å². The Balaban J connectivity index is 1.25. The third kappa shape index (κ3) is 4.06. The molecule has 1 aliphatic carbocycles. The molecule has 0 fully saturated rings. The van der Waals surface area contributed by atoms with E-state index in [1.165, 1.54) is 55.7 Å². The number of aromatic nitrogens is 3. The van der Waals surface area contributed by atoms with Crippen molar-refractivity contribution in [3.63, 3.8) is 0 Å². The highest BCUT2D eigenvalue weighted by molar-refractivity contribution is 6.25. The molecule has 5 heteroatoms. The van der Waals surface area contributed by atoms with Crippen LogP contribution in [0.5, 0.6) is 0 Å². The van der Waals surface area contributed by atoms with Gasteiger partial charge in [0.05, 0.1) is 16.7 Å². The molecule has 8 aromatic rings. The van der Waals surface area contributed by atoms with Crippen LogP contribution in [0.1, 0.15) is 5.56 Å². The van der Waals surface area contributed by atoms with E-state index in [2.05, 4.69) is 164 Å². The average molecular weight is 653 g/mol. The first-order chi connectivity index (χ1) is 25.3. The number of allylic oxidation sites excluding steroid dienone is 2. The van der Waals surface area contributed by atoms with Crippen molar-refractivity contribution in [1.82, 2.24) is 19.1 Å². The van der Waals surface area contributed by atoms with Crippen LogP contribution < -0.4 is 9.48 Å². The lowest BCUT2D eigenvalue weighted by Crippen LogP contribution is -2.43. The van der Waals surface area contributed by atoms with Crippen molar-refractivity contribution in [2.75, 3.05) is 4.90 Å². The van der Waals surface area contributed by atoms with Crippen LogP contribution in [0.25, 0.3) is 55.3 Å². The van der Waals surface area contributed by atoms with E-state index in [0.717, 1.165) is 33.6 Å². The predicted molar refractivity (Wildman–Crippen MR) is 210 cm³/mol. The van der Waals surface area contributed by atoms with Crippen LogP contribution >= 0.6 is 0 Å². The highest BCUT2D eigenvalue weighted by atomic mass is 15.3. The molecule has 3 aromatic heterocycles. The summed E-state index contributed by atoms with van der Waals surface area (Å²) in [7, 11) is 0. The molecule has 1 unspecified atom stereocenters. The molecule has 1 atom stereocenters. The van der Waals surface area contributed by atoms with Gasteiger partial charge in [-0.2, -0.15) is 4.58 Å². The number of anilines is 2. The van der Waals surface area contributed by atoms with Gasteiger partial charge in [0.2, 0.25) is 17.1 Å². The summed E-state index contributed by atoms with van der Waals surface area (Å²) >= 11 is 0. The Morgan fingerprint density at radius 3 is 2.10 bits per heavy atom. The Morgan fingerprint density at radius 2 is 1.33 bits per heavy atom. The molecule has 5 heterocycles. The van der Waals surface area contributed by atoms with Crippen molar-refractivity contribution in [2.45, 2.75) is 6.04 Å². The third-order valence-electron chi connectivity index (χ3n) is 10.6. The Kier molecular flexibility index (Phi) is 5.95. The normalized spacial score (nSPS) is 15.6. The second-order valence-corrected chi connectivity index (χ2v) is 13.3. The number of benzene rings is 5. The molecule has 5 aromatic carbocycles. The van der Waals surface area contributed by atoms with Gasteiger partial charge in [0, 0.05) is 82.2 Å². The number of fused-ring (bicyclic) bond motifs is 9. The molecule has 0 amide bonds. The second-order valence-electron chi connectivity index (χ2n) is 13.3. The Labute approximate surface area is 295 Å². The first-order valence-corrected chi connectivity index (χ1v) is 17.3. The largest absolute Gasteiger partial charge is 0.316 e. The number of hydrogen-bond donors (Lipinski definition) is 0. The van der Waals surface area contributed by atoms with Crippen LogP contribution in [0.15, 0.2) is 176 Å². The number of nitrogens with zero attached hydrogens (tertiary/aromatic N) is 5. The molecule has 0 bridgehead atoms. The average Bonchev–Trinajstić information content (AvgIpc) is 3.73. The Morgan fingerprint density at radius 1 is 0.608 bits per heavy atom. The van der Waals surface area contributed by atoms with Gasteiger partial charge in [-0.25, -0.2) is 0 Å². The summed E-state index contributed by atoms with van der Waals surface area (Å²) in [6.45, 7) is 0. The smallest absolute Gasteiger partial charge is 0.235 e. The lowest BCUT2D eigenvalue weighted by atomic mass is 9.92. The molecule has 11 rings (SSSR count). The maximum Gasteiger partial charge on any atom is 0.235 e. The first kappa shape index (κ1) is 28.0. The minimum absolute atomic E-state index is 0.0323. The van der Waals surface area contributed by atoms with E-state index in [1.54, 1.807) is 0 Å². The van der Waals surface area contributed by atoms with Crippen molar-refractivity contribution < 1.29 is 0 Å². The fraction of sp³-hybridized carbons (Fsp3) is 0.0217. The second kappa shape index (κ2) is 10.8. The molecule has 51 heavy (non-hydrogen) atoms. The summed E-state index contributed by atoms with van der Waals surface area (Å²) in [5.41, 5.74) is 16.4. The summed E-state index contributed by atoms with van der Waals surface area (Å²) in [6, 6.07) is 48.3.